The topological polar surface area (TPSA) is 70.7 Å². The minimum absolute atomic E-state index is 0.0204. The van der Waals surface area contributed by atoms with Gasteiger partial charge >= 0.3 is 5.97 Å². The van der Waals surface area contributed by atoms with E-state index < -0.39 is 5.97 Å². The average Bonchev–Trinajstić information content (AvgIpc) is 3.06. The van der Waals surface area contributed by atoms with E-state index in [4.69, 9.17) is 5.11 Å². The van der Waals surface area contributed by atoms with Crippen molar-refractivity contribution in [3.05, 3.63) is 24.2 Å². The number of hydrogen-bond acceptors (Lipinski definition) is 4. The normalized spacial score (nSPS) is 14.8. The molecule has 19 heavy (non-hydrogen) atoms. The summed E-state index contributed by atoms with van der Waals surface area (Å²) in [6.45, 7) is 2.65. The van der Waals surface area contributed by atoms with Crippen LogP contribution in [-0.4, -0.2) is 38.8 Å². The Bertz CT molecular complexity index is 618. The molecule has 6 heteroatoms. The minimum atomic E-state index is -0.833. The maximum Gasteiger partial charge on any atom is 0.323 e. The molecule has 2 heterocycles. The Kier molecular flexibility index (Phi) is 2.85. The van der Waals surface area contributed by atoms with E-state index in [0.717, 1.165) is 17.8 Å². The van der Waals surface area contributed by atoms with Gasteiger partial charge in [-0.25, -0.2) is 9.50 Å². The molecule has 0 radical (unpaired) electrons. The molecule has 6 nitrogen and oxygen atoms in total. The van der Waals surface area contributed by atoms with E-state index in [0.29, 0.717) is 11.7 Å². The highest BCUT2D eigenvalue weighted by Crippen LogP contribution is 2.31. The fraction of sp³-hybridized carbons (Fsp3) is 0.462. The zero-order chi connectivity index (χ0) is 13.4. The van der Waals surface area contributed by atoms with Gasteiger partial charge in [-0.3, -0.25) is 4.79 Å². The second-order valence-corrected chi connectivity index (χ2v) is 5.08. The van der Waals surface area contributed by atoms with E-state index in [1.807, 2.05) is 17.9 Å². The molecule has 1 aliphatic rings. The maximum atomic E-state index is 11.0. The molecule has 1 saturated carbocycles. The molecule has 100 valence electrons. The third-order valence-electron chi connectivity index (χ3n) is 3.29. The molecule has 0 unspecified atom stereocenters. The molecule has 2 aromatic heterocycles. The summed E-state index contributed by atoms with van der Waals surface area (Å²) in [7, 11) is 0. The summed E-state index contributed by atoms with van der Waals surface area (Å²) in [5.41, 5.74) is 1.76. The number of nitrogens with zero attached hydrogens (tertiary/aromatic N) is 4. The molecule has 0 aliphatic heterocycles. The molecule has 1 fully saturated rings. The zero-order valence-corrected chi connectivity index (χ0v) is 10.8. The Hall–Kier alpha value is -2.11. The molecule has 1 N–H and O–H groups in total. The fourth-order valence-corrected chi connectivity index (χ4v) is 2.28. The smallest absolute Gasteiger partial charge is 0.323 e. The Morgan fingerprint density at radius 2 is 2.37 bits per heavy atom. The molecule has 0 bridgehead atoms. The quantitative estimate of drug-likeness (QED) is 0.878. The Morgan fingerprint density at radius 3 is 3.05 bits per heavy atom. The van der Waals surface area contributed by atoms with Gasteiger partial charge in [-0.2, -0.15) is 5.10 Å². The van der Waals surface area contributed by atoms with Crippen LogP contribution in [0, 0.1) is 12.8 Å². The van der Waals surface area contributed by atoms with Crippen molar-refractivity contribution in [3.63, 3.8) is 0 Å². The van der Waals surface area contributed by atoms with Crippen molar-refractivity contribution < 1.29 is 9.90 Å². The van der Waals surface area contributed by atoms with Crippen molar-refractivity contribution in [1.82, 2.24) is 14.6 Å². The lowest BCUT2D eigenvalue weighted by Crippen LogP contribution is -2.32. The highest BCUT2D eigenvalue weighted by atomic mass is 16.4. The molecular weight excluding hydrogens is 244 g/mol. The van der Waals surface area contributed by atoms with Gasteiger partial charge in [0.15, 0.2) is 5.82 Å². The van der Waals surface area contributed by atoms with Gasteiger partial charge < -0.3 is 10.0 Å². The van der Waals surface area contributed by atoms with Crippen LogP contribution < -0.4 is 4.90 Å². The summed E-state index contributed by atoms with van der Waals surface area (Å²) in [6, 6.07) is 1.93. The number of hydrogen-bond donors (Lipinski definition) is 1. The Morgan fingerprint density at radius 1 is 1.58 bits per heavy atom. The number of aliphatic carboxylic acids is 1. The maximum absolute atomic E-state index is 11.0. The lowest BCUT2D eigenvalue weighted by Gasteiger charge is -2.22. The molecule has 3 rings (SSSR count). The van der Waals surface area contributed by atoms with Crippen LogP contribution in [0.15, 0.2) is 18.5 Å². The minimum Gasteiger partial charge on any atom is -0.480 e. The summed E-state index contributed by atoms with van der Waals surface area (Å²) in [5, 5.41) is 13.4. The van der Waals surface area contributed by atoms with Crippen LogP contribution in [0.25, 0.3) is 5.52 Å². The summed E-state index contributed by atoms with van der Waals surface area (Å²) in [6.07, 6.45) is 5.80. The first-order chi connectivity index (χ1) is 9.13. The molecular formula is C13H16N4O2. The SMILES string of the molecule is Cc1cc2c(N(CC(=O)O)CC3CC3)nccn2n1. The van der Waals surface area contributed by atoms with Crippen molar-refractivity contribution in [1.29, 1.82) is 0 Å². The van der Waals surface area contributed by atoms with E-state index in [-0.39, 0.29) is 6.54 Å². The predicted molar refractivity (Wildman–Crippen MR) is 70.3 cm³/mol. The van der Waals surface area contributed by atoms with Crippen LogP contribution in [-0.2, 0) is 4.79 Å². The average molecular weight is 260 g/mol. The second kappa shape index (κ2) is 4.53. The second-order valence-electron chi connectivity index (χ2n) is 5.08. The van der Waals surface area contributed by atoms with Crippen LogP contribution in [0.3, 0.4) is 0 Å². The lowest BCUT2D eigenvalue weighted by atomic mass is 10.3. The van der Waals surface area contributed by atoms with Gasteiger partial charge in [0.1, 0.15) is 12.1 Å². The summed E-state index contributed by atoms with van der Waals surface area (Å²) < 4.78 is 1.75. The van der Waals surface area contributed by atoms with Crippen LogP contribution in [0.1, 0.15) is 18.5 Å². The van der Waals surface area contributed by atoms with Crippen molar-refractivity contribution in [2.24, 2.45) is 5.92 Å². The molecule has 0 spiro atoms. The molecule has 0 atom stereocenters. The highest BCUT2D eigenvalue weighted by molar-refractivity contribution is 5.77. The van der Waals surface area contributed by atoms with Crippen LogP contribution >= 0.6 is 0 Å². The van der Waals surface area contributed by atoms with Gasteiger partial charge in [-0.1, -0.05) is 0 Å². The van der Waals surface area contributed by atoms with Crippen molar-refractivity contribution >= 4 is 17.3 Å². The highest BCUT2D eigenvalue weighted by Gasteiger charge is 2.27. The summed E-state index contributed by atoms with van der Waals surface area (Å²) >= 11 is 0. The van der Waals surface area contributed by atoms with E-state index in [2.05, 4.69) is 10.1 Å². The van der Waals surface area contributed by atoms with Crippen LogP contribution in [0.4, 0.5) is 5.82 Å². The summed E-state index contributed by atoms with van der Waals surface area (Å²) in [4.78, 5) is 17.2. The van der Waals surface area contributed by atoms with Gasteiger partial charge in [0, 0.05) is 18.9 Å². The first-order valence-electron chi connectivity index (χ1n) is 6.41. The first kappa shape index (κ1) is 12.0. The van der Waals surface area contributed by atoms with Crippen LogP contribution in [0.5, 0.6) is 0 Å². The fourth-order valence-electron chi connectivity index (χ4n) is 2.28. The number of carbonyl (C=O) groups is 1. The number of fused-ring (bicyclic) bond motifs is 1. The van der Waals surface area contributed by atoms with Crippen molar-refractivity contribution in [2.75, 3.05) is 18.0 Å². The van der Waals surface area contributed by atoms with Crippen molar-refractivity contribution in [2.45, 2.75) is 19.8 Å². The van der Waals surface area contributed by atoms with Gasteiger partial charge in [0.2, 0.25) is 0 Å². The van der Waals surface area contributed by atoms with E-state index >= 15 is 0 Å². The standard InChI is InChI=1S/C13H16N4O2/c1-9-6-11-13(14-4-5-17(11)15-9)16(8-12(18)19)7-10-2-3-10/h4-6,10H,2-3,7-8H2,1H3,(H,18,19). The first-order valence-corrected chi connectivity index (χ1v) is 6.41. The third-order valence-corrected chi connectivity index (χ3v) is 3.29. The van der Waals surface area contributed by atoms with E-state index in [1.165, 1.54) is 12.8 Å². The number of carboxylic acids is 1. The van der Waals surface area contributed by atoms with Gasteiger partial charge in [0.25, 0.3) is 0 Å². The largest absolute Gasteiger partial charge is 0.480 e. The van der Waals surface area contributed by atoms with Crippen molar-refractivity contribution in [3.8, 4) is 0 Å². The Labute approximate surface area is 110 Å². The number of aryl methyl sites for hydroxylation is 1. The molecule has 0 saturated heterocycles. The van der Waals surface area contributed by atoms with Crippen LogP contribution in [0.2, 0.25) is 0 Å². The molecule has 0 aromatic carbocycles. The molecule has 0 amide bonds. The third kappa shape index (κ3) is 2.52. The number of anilines is 1. The zero-order valence-electron chi connectivity index (χ0n) is 10.8. The number of rotatable bonds is 5. The molecule has 1 aliphatic carbocycles. The van der Waals surface area contributed by atoms with Gasteiger partial charge in [0.05, 0.1) is 5.69 Å². The van der Waals surface area contributed by atoms with Gasteiger partial charge in [-0.05, 0) is 31.7 Å². The van der Waals surface area contributed by atoms with E-state index in [1.54, 1.807) is 16.9 Å². The number of carboxylic acid groups (broad SMARTS) is 1. The Balaban J connectivity index is 1.99. The molecule has 2 aromatic rings. The van der Waals surface area contributed by atoms with E-state index in [9.17, 15) is 4.79 Å². The monoisotopic (exact) mass is 260 g/mol. The van der Waals surface area contributed by atoms with Gasteiger partial charge in [-0.15, -0.1) is 0 Å². The lowest BCUT2D eigenvalue weighted by molar-refractivity contribution is -0.135. The number of aromatic nitrogens is 3. The summed E-state index contributed by atoms with van der Waals surface area (Å²) in [5.74, 6) is 0.475. The predicted octanol–water partition coefficient (Wildman–Crippen LogP) is 1.34.